The highest BCUT2D eigenvalue weighted by Gasteiger charge is 2.15. The predicted molar refractivity (Wildman–Crippen MR) is 71.0 cm³/mol. The van der Waals surface area contributed by atoms with Crippen LogP contribution >= 0.6 is 0 Å². The molecular formula is C12H17NO5S. The van der Waals surface area contributed by atoms with Crippen LogP contribution in [-0.4, -0.2) is 31.9 Å². The van der Waals surface area contributed by atoms with Gasteiger partial charge in [-0.25, -0.2) is 8.42 Å². The normalized spacial score (nSPS) is 11.1. The zero-order valence-corrected chi connectivity index (χ0v) is 11.4. The fourth-order valence-corrected chi connectivity index (χ4v) is 2.50. The maximum absolute atomic E-state index is 11.8. The van der Waals surface area contributed by atoms with Gasteiger partial charge in [-0.2, -0.15) is 0 Å². The molecule has 2 N–H and O–H groups in total. The lowest BCUT2D eigenvalue weighted by atomic mass is 10.2. The third-order valence-electron chi connectivity index (χ3n) is 2.33. The number of nitrogens with one attached hydrogen (secondary N) is 1. The van der Waals surface area contributed by atoms with Crippen molar-refractivity contribution >= 4 is 21.7 Å². The molecule has 0 heterocycles. The number of anilines is 1. The lowest BCUT2D eigenvalue weighted by Gasteiger charge is -2.10. The van der Waals surface area contributed by atoms with E-state index in [9.17, 15) is 13.2 Å². The Morgan fingerprint density at radius 3 is 2.68 bits per heavy atom. The third-order valence-corrected chi connectivity index (χ3v) is 3.61. The van der Waals surface area contributed by atoms with E-state index in [1.54, 1.807) is 31.2 Å². The van der Waals surface area contributed by atoms with Crippen molar-refractivity contribution in [3.63, 3.8) is 0 Å². The number of hydrogen-bond acceptors (Lipinski definition) is 5. The summed E-state index contributed by atoms with van der Waals surface area (Å²) < 4.78 is 30.6. The van der Waals surface area contributed by atoms with Gasteiger partial charge in [0.05, 0.1) is 31.1 Å². The lowest BCUT2D eigenvalue weighted by molar-refractivity contribution is -0.142. The third kappa shape index (κ3) is 5.27. The molecule has 0 spiro atoms. The van der Waals surface area contributed by atoms with Gasteiger partial charge in [-0.05, 0) is 13.0 Å². The molecule has 0 saturated heterocycles. The zero-order chi connectivity index (χ0) is 14.3. The fraction of sp³-hybridized carbons (Fsp3) is 0.417. The Hall–Kier alpha value is -1.60. The van der Waals surface area contributed by atoms with Gasteiger partial charge in [-0.1, -0.05) is 18.2 Å². The Morgan fingerprint density at radius 1 is 1.37 bits per heavy atom. The Morgan fingerprint density at radius 2 is 2.05 bits per heavy atom. The van der Waals surface area contributed by atoms with Crippen LogP contribution in [0.25, 0.3) is 0 Å². The number of aliphatic hydroxyl groups is 1. The van der Waals surface area contributed by atoms with Gasteiger partial charge in [-0.3, -0.25) is 9.52 Å². The van der Waals surface area contributed by atoms with Gasteiger partial charge in [0, 0.05) is 5.56 Å². The predicted octanol–water partition coefficient (Wildman–Crippen LogP) is 0.874. The molecule has 0 unspecified atom stereocenters. The van der Waals surface area contributed by atoms with Crippen LogP contribution in [0.4, 0.5) is 5.69 Å². The SMILES string of the molecule is CCOC(=O)CCS(=O)(=O)Nc1ccccc1CO. The van der Waals surface area contributed by atoms with Crippen molar-refractivity contribution in [1.82, 2.24) is 0 Å². The molecule has 0 saturated carbocycles. The maximum Gasteiger partial charge on any atom is 0.306 e. The summed E-state index contributed by atoms with van der Waals surface area (Å²) in [6, 6.07) is 6.51. The highest BCUT2D eigenvalue weighted by atomic mass is 32.2. The van der Waals surface area contributed by atoms with Crippen LogP contribution < -0.4 is 4.72 Å². The number of carbonyl (C=O) groups is 1. The van der Waals surface area contributed by atoms with E-state index in [0.29, 0.717) is 11.3 Å². The molecule has 0 aliphatic heterocycles. The van der Waals surface area contributed by atoms with Crippen LogP contribution in [0.3, 0.4) is 0 Å². The Balaban J connectivity index is 2.66. The first-order valence-corrected chi connectivity index (χ1v) is 7.48. The molecule has 0 aliphatic rings. The number of esters is 1. The van der Waals surface area contributed by atoms with E-state index >= 15 is 0 Å². The standard InChI is InChI=1S/C12H17NO5S/c1-2-18-12(15)7-8-19(16,17)13-11-6-4-3-5-10(11)9-14/h3-6,13-14H,2,7-9H2,1H3. The number of aliphatic hydroxyl groups excluding tert-OH is 1. The number of hydrogen-bond donors (Lipinski definition) is 2. The maximum atomic E-state index is 11.8. The summed E-state index contributed by atoms with van der Waals surface area (Å²) in [5.41, 5.74) is 0.788. The quantitative estimate of drug-likeness (QED) is 0.726. The summed E-state index contributed by atoms with van der Waals surface area (Å²) in [5, 5.41) is 9.09. The van der Waals surface area contributed by atoms with E-state index in [0.717, 1.165) is 0 Å². The molecule has 0 radical (unpaired) electrons. The smallest absolute Gasteiger partial charge is 0.306 e. The number of ether oxygens (including phenoxy) is 1. The first-order chi connectivity index (χ1) is 8.98. The molecule has 1 aromatic carbocycles. The van der Waals surface area contributed by atoms with E-state index in [2.05, 4.69) is 9.46 Å². The van der Waals surface area contributed by atoms with E-state index < -0.39 is 16.0 Å². The molecule has 0 aromatic heterocycles. The van der Waals surface area contributed by atoms with Gasteiger partial charge in [0.25, 0.3) is 0 Å². The molecule has 0 bridgehead atoms. The largest absolute Gasteiger partial charge is 0.466 e. The molecule has 19 heavy (non-hydrogen) atoms. The molecule has 1 aromatic rings. The van der Waals surface area contributed by atoms with Gasteiger partial charge < -0.3 is 9.84 Å². The van der Waals surface area contributed by atoms with E-state index in [1.807, 2.05) is 0 Å². The molecule has 7 heteroatoms. The summed E-state index contributed by atoms with van der Waals surface area (Å²) >= 11 is 0. The monoisotopic (exact) mass is 287 g/mol. The molecule has 0 fully saturated rings. The molecule has 106 valence electrons. The van der Waals surface area contributed by atoms with Crippen molar-refractivity contribution in [2.45, 2.75) is 20.0 Å². The Labute approximate surface area is 112 Å². The van der Waals surface area contributed by atoms with Gasteiger partial charge in [-0.15, -0.1) is 0 Å². The first-order valence-electron chi connectivity index (χ1n) is 5.83. The highest BCUT2D eigenvalue weighted by molar-refractivity contribution is 7.92. The molecule has 0 atom stereocenters. The van der Waals surface area contributed by atoms with Gasteiger partial charge in [0.1, 0.15) is 0 Å². The van der Waals surface area contributed by atoms with Crippen LogP contribution in [0.5, 0.6) is 0 Å². The summed E-state index contributed by atoms with van der Waals surface area (Å²) in [4.78, 5) is 11.1. The summed E-state index contributed by atoms with van der Waals surface area (Å²) in [5.74, 6) is -0.908. The van der Waals surface area contributed by atoms with Crippen LogP contribution in [0, 0.1) is 0 Å². The van der Waals surface area contributed by atoms with Gasteiger partial charge >= 0.3 is 5.97 Å². The number of rotatable bonds is 7. The van der Waals surface area contributed by atoms with Crippen molar-refractivity contribution in [1.29, 1.82) is 0 Å². The molecule has 0 amide bonds. The summed E-state index contributed by atoms with van der Waals surface area (Å²) in [7, 11) is -3.64. The van der Waals surface area contributed by atoms with Gasteiger partial charge in [0.15, 0.2) is 0 Å². The first kappa shape index (κ1) is 15.5. The highest BCUT2D eigenvalue weighted by Crippen LogP contribution is 2.16. The fourth-order valence-electron chi connectivity index (χ4n) is 1.43. The van der Waals surface area contributed by atoms with Crippen LogP contribution in [0.15, 0.2) is 24.3 Å². The molecular weight excluding hydrogens is 270 g/mol. The zero-order valence-electron chi connectivity index (χ0n) is 10.6. The number of sulfonamides is 1. The molecule has 6 nitrogen and oxygen atoms in total. The Kier molecular flexibility index (Phi) is 5.78. The lowest BCUT2D eigenvalue weighted by Crippen LogP contribution is -2.20. The second-order valence-corrected chi connectivity index (χ2v) is 5.63. The van der Waals surface area contributed by atoms with Crippen molar-refractivity contribution in [3.8, 4) is 0 Å². The van der Waals surface area contributed by atoms with Crippen LogP contribution in [0.1, 0.15) is 18.9 Å². The van der Waals surface area contributed by atoms with Crippen LogP contribution in [-0.2, 0) is 26.2 Å². The van der Waals surface area contributed by atoms with Crippen molar-refractivity contribution in [2.75, 3.05) is 17.1 Å². The summed E-state index contributed by atoms with van der Waals surface area (Å²) in [6.45, 7) is 1.61. The van der Waals surface area contributed by atoms with E-state index in [-0.39, 0.29) is 25.4 Å². The van der Waals surface area contributed by atoms with E-state index in [4.69, 9.17) is 5.11 Å². The van der Waals surface area contributed by atoms with E-state index in [1.165, 1.54) is 0 Å². The van der Waals surface area contributed by atoms with Crippen molar-refractivity contribution < 1.29 is 23.1 Å². The minimum Gasteiger partial charge on any atom is -0.466 e. The van der Waals surface area contributed by atoms with Crippen molar-refractivity contribution in [2.24, 2.45) is 0 Å². The summed E-state index contributed by atoms with van der Waals surface area (Å²) in [6.07, 6.45) is -0.204. The average molecular weight is 287 g/mol. The minimum atomic E-state index is -3.64. The minimum absolute atomic E-state index is 0.204. The van der Waals surface area contributed by atoms with Gasteiger partial charge in [0.2, 0.25) is 10.0 Å². The topological polar surface area (TPSA) is 92.7 Å². The number of benzene rings is 1. The Bertz CT molecular complexity index is 527. The number of para-hydroxylation sites is 1. The second-order valence-electron chi connectivity index (χ2n) is 3.79. The van der Waals surface area contributed by atoms with Crippen molar-refractivity contribution in [3.05, 3.63) is 29.8 Å². The average Bonchev–Trinajstić information content (AvgIpc) is 2.37. The number of carbonyl (C=O) groups excluding carboxylic acids is 1. The van der Waals surface area contributed by atoms with Crippen LogP contribution in [0.2, 0.25) is 0 Å². The molecule has 0 aliphatic carbocycles. The second kappa shape index (κ2) is 7.10. The molecule has 1 rings (SSSR count).